The molecule has 0 spiro atoms. The molecule has 0 aliphatic carbocycles. The summed E-state index contributed by atoms with van der Waals surface area (Å²) >= 11 is 0. The van der Waals surface area contributed by atoms with Crippen molar-refractivity contribution in [3.63, 3.8) is 0 Å². The summed E-state index contributed by atoms with van der Waals surface area (Å²) in [5, 5.41) is 5.55. The maximum Gasteiger partial charge on any atom is 0.255 e. The van der Waals surface area contributed by atoms with E-state index in [4.69, 9.17) is 5.73 Å². The van der Waals surface area contributed by atoms with Crippen LogP contribution in [0.25, 0.3) is 0 Å². The Morgan fingerprint density at radius 2 is 1.73 bits per heavy atom. The fraction of sp³-hybridized carbons (Fsp3) is 0.176. The van der Waals surface area contributed by atoms with Crippen LogP contribution in [0.4, 0.5) is 11.4 Å². The van der Waals surface area contributed by atoms with Gasteiger partial charge in [0.25, 0.3) is 5.91 Å². The molecule has 114 valence electrons. The third-order valence-electron chi connectivity index (χ3n) is 3.34. The van der Waals surface area contributed by atoms with E-state index in [0.717, 1.165) is 11.1 Å². The first kappa shape index (κ1) is 15.7. The molecule has 0 radical (unpaired) electrons. The average Bonchev–Trinajstić information content (AvgIpc) is 2.50. The van der Waals surface area contributed by atoms with E-state index < -0.39 is 0 Å². The number of amides is 2. The molecule has 0 atom stereocenters. The molecule has 0 aromatic heterocycles. The first-order chi connectivity index (χ1) is 10.5. The predicted molar refractivity (Wildman–Crippen MR) is 88.0 cm³/mol. The van der Waals surface area contributed by atoms with Crippen LogP contribution in [0.5, 0.6) is 0 Å². The number of benzene rings is 2. The van der Waals surface area contributed by atoms with Crippen LogP contribution < -0.4 is 16.4 Å². The van der Waals surface area contributed by atoms with Crippen LogP contribution in [-0.4, -0.2) is 18.4 Å². The number of nitrogens with two attached hydrogens (primary N) is 1. The highest BCUT2D eigenvalue weighted by Gasteiger charge is 2.10. The van der Waals surface area contributed by atoms with Gasteiger partial charge in [0.05, 0.1) is 6.54 Å². The smallest absolute Gasteiger partial charge is 0.255 e. The minimum atomic E-state index is -0.273. The van der Waals surface area contributed by atoms with E-state index in [1.807, 2.05) is 38.1 Å². The second kappa shape index (κ2) is 6.87. The number of nitrogens with one attached hydrogen (secondary N) is 2. The molecule has 2 aromatic carbocycles. The van der Waals surface area contributed by atoms with Crippen molar-refractivity contribution < 1.29 is 9.59 Å². The zero-order chi connectivity index (χ0) is 16.1. The molecule has 2 aromatic rings. The van der Waals surface area contributed by atoms with Gasteiger partial charge in [-0.05, 0) is 43.2 Å². The number of aryl methyl sites for hydroxylation is 2. The Hall–Kier alpha value is -2.66. The average molecular weight is 297 g/mol. The van der Waals surface area contributed by atoms with Crippen molar-refractivity contribution in [2.24, 2.45) is 5.73 Å². The summed E-state index contributed by atoms with van der Waals surface area (Å²) in [5.41, 5.74) is 8.98. The number of anilines is 2. The van der Waals surface area contributed by atoms with Crippen LogP contribution in [0.2, 0.25) is 0 Å². The Balaban J connectivity index is 2.20. The number of hydrogen-bond donors (Lipinski definition) is 3. The molecule has 0 aliphatic rings. The third kappa shape index (κ3) is 3.71. The van der Waals surface area contributed by atoms with Gasteiger partial charge in [-0.1, -0.05) is 24.3 Å². The SMILES string of the molecule is Cc1ccc(NC(=O)c2ccccc2C)cc1NC(=O)CN. The lowest BCUT2D eigenvalue weighted by molar-refractivity contribution is -0.114. The fourth-order valence-electron chi connectivity index (χ4n) is 2.06. The Bertz CT molecular complexity index is 711. The Morgan fingerprint density at radius 3 is 2.41 bits per heavy atom. The highest BCUT2D eigenvalue weighted by molar-refractivity contribution is 6.05. The van der Waals surface area contributed by atoms with Gasteiger partial charge in [0.15, 0.2) is 0 Å². The number of carbonyl (C=O) groups is 2. The summed E-state index contributed by atoms with van der Waals surface area (Å²) in [6.07, 6.45) is 0. The topological polar surface area (TPSA) is 84.2 Å². The van der Waals surface area contributed by atoms with Crippen molar-refractivity contribution in [1.82, 2.24) is 0 Å². The highest BCUT2D eigenvalue weighted by Crippen LogP contribution is 2.21. The van der Waals surface area contributed by atoms with Crippen molar-refractivity contribution in [3.8, 4) is 0 Å². The van der Waals surface area contributed by atoms with E-state index in [1.54, 1.807) is 18.2 Å². The number of rotatable bonds is 4. The van der Waals surface area contributed by atoms with Gasteiger partial charge < -0.3 is 16.4 Å². The summed E-state index contributed by atoms with van der Waals surface area (Å²) in [4.78, 5) is 23.7. The van der Waals surface area contributed by atoms with Crippen LogP contribution in [-0.2, 0) is 4.79 Å². The molecule has 22 heavy (non-hydrogen) atoms. The van der Waals surface area contributed by atoms with Crippen molar-refractivity contribution in [3.05, 3.63) is 59.2 Å². The maximum atomic E-state index is 12.3. The number of carbonyl (C=O) groups excluding carboxylic acids is 2. The Kier molecular flexibility index (Phi) is 4.91. The van der Waals surface area contributed by atoms with Crippen LogP contribution in [0.3, 0.4) is 0 Å². The Labute approximate surface area is 129 Å². The molecule has 2 amide bonds. The molecular weight excluding hydrogens is 278 g/mol. The van der Waals surface area contributed by atoms with Gasteiger partial charge in [-0.2, -0.15) is 0 Å². The third-order valence-corrected chi connectivity index (χ3v) is 3.34. The molecule has 4 N–H and O–H groups in total. The monoisotopic (exact) mass is 297 g/mol. The van der Waals surface area contributed by atoms with Crippen molar-refractivity contribution in [2.75, 3.05) is 17.2 Å². The predicted octanol–water partition coefficient (Wildman–Crippen LogP) is 2.45. The van der Waals surface area contributed by atoms with E-state index in [9.17, 15) is 9.59 Å². The molecule has 2 rings (SSSR count). The summed E-state index contributed by atoms with van der Waals surface area (Å²) < 4.78 is 0. The van der Waals surface area contributed by atoms with Gasteiger partial charge in [-0.25, -0.2) is 0 Å². The zero-order valence-electron chi connectivity index (χ0n) is 12.6. The zero-order valence-corrected chi connectivity index (χ0v) is 12.6. The normalized spacial score (nSPS) is 10.1. The van der Waals surface area contributed by atoms with E-state index in [0.29, 0.717) is 16.9 Å². The van der Waals surface area contributed by atoms with E-state index in [2.05, 4.69) is 10.6 Å². The molecule has 0 bridgehead atoms. The van der Waals surface area contributed by atoms with Gasteiger partial charge in [0, 0.05) is 16.9 Å². The van der Waals surface area contributed by atoms with Gasteiger partial charge in [-0.3, -0.25) is 9.59 Å². The lowest BCUT2D eigenvalue weighted by Gasteiger charge is -2.12. The quantitative estimate of drug-likeness (QED) is 0.810. The van der Waals surface area contributed by atoms with Crippen molar-refractivity contribution in [1.29, 1.82) is 0 Å². The van der Waals surface area contributed by atoms with E-state index in [1.165, 1.54) is 0 Å². The summed E-state index contributed by atoms with van der Waals surface area (Å²) in [5.74, 6) is -0.455. The molecule has 0 fully saturated rings. The van der Waals surface area contributed by atoms with Crippen LogP contribution >= 0.6 is 0 Å². The molecule has 0 unspecified atom stereocenters. The van der Waals surface area contributed by atoms with Crippen LogP contribution in [0.15, 0.2) is 42.5 Å². The first-order valence-electron chi connectivity index (χ1n) is 6.99. The van der Waals surface area contributed by atoms with E-state index >= 15 is 0 Å². The van der Waals surface area contributed by atoms with Gasteiger partial charge in [-0.15, -0.1) is 0 Å². The molecule has 5 heteroatoms. The summed E-state index contributed by atoms with van der Waals surface area (Å²) in [6, 6.07) is 12.7. The standard InChI is InChI=1S/C17H19N3O2/c1-11-5-3-4-6-14(11)17(22)19-13-8-7-12(2)15(9-13)20-16(21)10-18/h3-9H,10,18H2,1-2H3,(H,19,22)(H,20,21). The molecule has 0 saturated heterocycles. The summed E-state index contributed by atoms with van der Waals surface area (Å²) in [7, 11) is 0. The largest absolute Gasteiger partial charge is 0.325 e. The molecule has 0 saturated carbocycles. The van der Waals surface area contributed by atoms with Gasteiger partial charge in [0.1, 0.15) is 0 Å². The first-order valence-corrected chi connectivity index (χ1v) is 6.99. The fourth-order valence-corrected chi connectivity index (χ4v) is 2.06. The van der Waals surface area contributed by atoms with Gasteiger partial charge >= 0.3 is 0 Å². The number of hydrogen-bond acceptors (Lipinski definition) is 3. The molecule has 5 nitrogen and oxygen atoms in total. The minimum Gasteiger partial charge on any atom is -0.325 e. The highest BCUT2D eigenvalue weighted by atomic mass is 16.2. The van der Waals surface area contributed by atoms with Crippen LogP contribution in [0, 0.1) is 13.8 Å². The van der Waals surface area contributed by atoms with Crippen molar-refractivity contribution in [2.45, 2.75) is 13.8 Å². The Morgan fingerprint density at radius 1 is 1.00 bits per heavy atom. The second-order valence-electron chi connectivity index (χ2n) is 5.05. The lowest BCUT2D eigenvalue weighted by atomic mass is 10.1. The second-order valence-corrected chi connectivity index (χ2v) is 5.05. The van der Waals surface area contributed by atoms with Crippen LogP contribution in [0.1, 0.15) is 21.5 Å². The van der Waals surface area contributed by atoms with Crippen molar-refractivity contribution >= 4 is 23.2 Å². The molecule has 0 aliphatic heterocycles. The maximum absolute atomic E-state index is 12.3. The minimum absolute atomic E-state index is 0.0841. The summed E-state index contributed by atoms with van der Waals surface area (Å²) in [6.45, 7) is 3.68. The molecular formula is C17H19N3O2. The lowest BCUT2D eigenvalue weighted by Crippen LogP contribution is -2.22. The van der Waals surface area contributed by atoms with E-state index in [-0.39, 0.29) is 18.4 Å². The molecule has 0 heterocycles. The van der Waals surface area contributed by atoms with Gasteiger partial charge in [0.2, 0.25) is 5.91 Å².